The second-order valence-corrected chi connectivity index (χ2v) is 4.66. The number of hydrazone groups is 1. The third kappa shape index (κ3) is 4.44. The Bertz CT molecular complexity index is 183. The Morgan fingerprint density at radius 1 is 1.58 bits per heavy atom. The molecule has 70 valence electrons. The van der Waals surface area contributed by atoms with Crippen LogP contribution >= 0.6 is 11.8 Å². The van der Waals surface area contributed by atoms with Crippen LogP contribution in [-0.4, -0.2) is 11.0 Å². The molecule has 0 fully saturated rings. The number of nitrogens with two attached hydrogens (primary N) is 1. The molecule has 0 aromatic heterocycles. The van der Waals surface area contributed by atoms with E-state index in [-0.39, 0.29) is 4.75 Å². The van der Waals surface area contributed by atoms with Gasteiger partial charge in [0, 0.05) is 6.21 Å². The van der Waals surface area contributed by atoms with E-state index in [1.807, 2.05) is 0 Å². The van der Waals surface area contributed by atoms with Crippen LogP contribution in [0.4, 0.5) is 0 Å². The van der Waals surface area contributed by atoms with Gasteiger partial charge in [-0.25, -0.2) is 0 Å². The Labute approximate surface area is 79.3 Å². The highest BCUT2D eigenvalue weighted by Crippen LogP contribution is 2.28. The fourth-order valence-electron chi connectivity index (χ4n) is 0.615. The number of hydrogen-bond acceptors (Lipinski definition) is 3. The van der Waals surface area contributed by atoms with Gasteiger partial charge in [-0.15, -0.1) is 11.8 Å². The van der Waals surface area contributed by atoms with Crippen molar-refractivity contribution in [3.63, 3.8) is 0 Å². The van der Waals surface area contributed by atoms with Crippen molar-refractivity contribution in [2.75, 3.05) is 0 Å². The maximum atomic E-state index is 5.13. The summed E-state index contributed by atoms with van der Waals surface area (Å²) in [5.41, 5.74) is 1.31. The average molecular weight is 186 g/mol. The normalized spacial score (nSPS) is 16.0. The lowest BCUT2D eigenvalue weighted by atomic mass is 10.1. The number of allylic oxidation sites excluding steroid dienone is 1. The van der Waals surface area contributed by atoms with E-state index in [4.69, 9.17) is 5.84 Å². The zero-order valence-electron chi connectivity index (χ0n) is 8.29. The zero-order valence-corrected chi connectivity index (χ0v) is 9.11. The van der Waals surface area contributed by atoms with Gasteiger partial charge in [0.2, 0.25) is 0 Å². The molecule has 0 saturated carbocycles. The molecule has 3 heteroatoms. The molecule has 0 aliphatic rings. The number of hydrogen-bond donors (Lipinski definition) is 1. The van der Waals surface area contributed by atoms with Gasteiger partial charge in [0.25, 0.3) is 0 Å². The van der Waals surface area contributed by atoms with Crippen molar-refractivity contribution in [2.24, 2.45) is 10.9 Å². The summed E-state index contributed by atoms with van der Waals surface area (Å²) >= 11 is 1.77. The molecular formula is C9H18N2S. The molecular weight excluding hydrogens is 168 g/mol. The van der Waals surface area contributed by atoms with E-state index in [0.717, 1.165) is 6.42 Å². The monoisotopic (exact) mass is 186 g/mol. The summed E-state index contributed by atoms with van der Waals surface area (Å²) in [6, 6.07) is 0. The fraction of sp³-hybridized carbons (Fsp3) is 0.667. The second-order valence-electron chi connectivity index (χ2n) is 3.26. The minimum Gasteiger partial charge on any atom is -0.324 e. The van der Waals surface area contributed by atoms with Crippen molar-refractivity contribution < 1.29 is 0 Å². The molecule has 2 N–H and O–H groups in total. The van der Waals surface area contributed by atoms with E-state index in [1.165, 1.54) is 5.57 Å². The first-order chi connectivity index (χ1) is 5.54. The molecule has 0 aromatic rings. The van der Waals surface area contributed by atoms with Crippen molar-refractivity contribution in [2.45, 2.75) is 38.9 Å². The molecule has 1 atom stereocenters. The number of thioether (sulfide) groups is 1. The van der Waals surface area contributed by atoms with E-state index in [0.29, 0.717) is 0 Å². The summed E-state index contributed by atoms with van der Waals surface area (Å²) in [6.45, 7) is 8.44. The van der Waals surface area contributed by atoms with E-state index in [1.54, 1.807) is 18.0 Å². The molecule has 1 unspecified atom stereocenters. The van der Waals surface area contributed by atoms with Gasteiger partial charge >= 0.3 is 0 Å². The third-order valence-corrected chi connectivity index (χ3v) is 3.14. The van der Waals surface area contributed by atoms with Crippen LogP contribution in [0, 0.1) is 0 Å². The van der Waals surface area contributed by atoms with Crippen LogP contribution in [0.1, 0.15) is 34.1 Å². The summed E-state index contributed by atoms with van der Waals surface area (Å²) in [5.74, 6) is 5.13. The lowest BCUT2D eigenvalue weighted by Gasteiger charge is -2.19. The SMILES string of the molecule is CCC(C)(/C=N\N)SC=C(C)C. The summed E-state index contributed by atoms with van der Waals surface area (Å²) < 4.78 is 0.0476. The highest BCUT2D eigenvalue weighted by atomic mass is 32.2. The smallest absolute Gasteiger partial charge is 0.0539 e. The van der Waals surface area contributed by atoms with Crippen LogP contribution < -0.4 is 5.84 Å². The van der Waals surface area contributed by atoms with Crippen LogP contribution in [-0.2, 0) is 0 Å². The fourth-order valence-corrected chi connectivity index (χ4v) is 1.41. The topological polar surface area (TPSA) is 38.4 Å². The lowest BCUT2D eigenvalue weighted by molar-refractivity contribution is 0.808. The number of rotatable bonds is 4. The van der Waals surface area contributed by atoms with Crippen molar-refractivity contribution in [1.29, 1.82) is 0 Å². The Kier molecular flexibility index (Phi) is 5.06. The quantitative estimate of drug-likeness (QED) is 0.416. The van der Waals surface area contributed by atoms with Crippen LogP contribution in [0.15, 0.2) is 16.1 Å². The van der Waals surface area contributed by atoms with Crippen molar-refractivity contribution in [1.82, 2.24) is 0 Å². The molecule has 0 spiro atoms. The molecule has 0 amide bonds. The minimum absolute atomic E-state index is 0.0476. The van der Waals surface area contributed by atoms with E-state index < -0.39 is 0 Å². The van der Waals surface area contributed by atoms with Gasteiger partial charge in [-0.05, 0) is 32.6 Å². The Balaban J connectivity index is 4.24. The first kappa shape index (κ1) is 11.6. The zero-order chi connectivity index (χ0) is 9.61. The molecule has 0 aliphatic carbocycles. The van der Waals surface area contributed by atoms with Gasteiger partial charge in [-0.2, -0.15) is 5.10 Å². The average Bonchev–Trinajstić information content (AvgIpc) is 2.02. The van der Waals surface area contributed by atoms with Gasteiger partial charge in [0.1, 0.15) is 0 Å². The largest absolute Gasteiger partial charge is 0.324 e. The van der Waals surface area contributed by atoms with Gasteiger partial charge in [0.15, 0.2) is 0 Å². The van der Waals surface area contributed by atoms with Crippen molar-refractivity contribution in [3.8, 4) is 0 Å². The van der Waals surface area contributed by atoms with Gasteiger partial charge in [0.05, 0.1) is 4.75 Å². The highest BCUT2D eigenvalue weighted by Gasteiger charge is 2.18. The Hall–Kier alpha value is -0.440. The predicted octanol–water partition coefficient (Wildman–Crippen LogP) is 2.76. The van der Waals surface area contributed by atoms with E-state index in [2.05, 4.69) is 38.2 Å². The molecule has 0 heterocycles. The molecule has 0 rings (SSSR count). The molecule has 0 saturated heterocycles. The second kappa shape index (κ2) is 5.25. The first-order valence-electron chi connectivity index (χ1n) is 4.09. The lowest BCUT2D eigenvalue weighted by Crippen LogP contribution is -2.20. The number of nitrogens with zero attached hydrogens (tertiary/aromatic N) is 1. The van der Waals surface area contributed by atoms with Gasteiger partial charge < -0.3 is 5.84 Å². The third-order valence-electron chi connectivity index (χ3n) is 1.61. The summed E-state index contributed by atoms with van der Waals surface area (Å²) in [5, 5.41) is 5.73. The summed E-state index contributed by atoms with van der Waals surface area (Å²) in [7, 11) is 0. The Morgan fingerprint density at radius 3 is 2.50 bits per heavy atom. The standard InChI is InChI=1S/C9H18N2S/c1-5-9(4,7-11-10)12-6-8(2)3/h6-7H,5,10H2,1-4H3/b11-7-. The molecule has 0 radical (unpaired) electrons. The van der Waals surface area contributed by atoms with E-state index in [9.17, 15) is 0 Å². The minimum atomic E-state index is 0.0476. The highest BCUT2D eigenvalue weighted by molar-refractivity contribution is 8.04. The first-order valence-corrected chi connectivity index (χ1v) is 4.97. The van der Waals surface area contributed by atoms with Crippen molar-refractivity contribution in [3.05, 3.63) is 11.0 Å². The predicted molar refractivity (Wildman–Crippen MR) is 58.4 cm³/mol. The molecule has 0 bridgehead atoms. The van der Waals surface area contributed by atoms with Crippen molar-refractivity contribution >= 4 is 18.0 Å². The van der Waals surface area contributed by atoms with Gasteiger partial charge in [-0.1, -0.05) is 12.5 Å². The van der Waals surface area contributed by atoms with E-state index >= 15 is 0 Å². The maximum Gasteiger partial charge on any atom is 0.0539 e. The maximum absolute atomic E-state index is 5.13. The molecule has 0 aliphatic heterocycles. The molecule has 2 nitrogen and oxygen atoms in total. The van der Waals surface area contributed by atoms with Crippen LogP contribution in [0.25, 0.3) is 0 Å². The Morgan fingerprint density at radius 2 is 2.17 bits per heavy atom. The molecule has 0 aromatic carbocycles. The summed E-state index contributed by atoms with van der Waals surface area (Å²) in [6.07, 6.45) is 2.83. The summed E-state index contributed by atoms with van der Waals surface area (Å²) in [4.78, 5) is 0. The van der Waals surface area contributed by atoms with Gasteiger partial charge in [-0.3, -0.25) is 0 Å². The van der Waals surface area contributed by atoms with Crippen LogP contribution in [0.2, 0.25) is 0 Å². The van der Waals surface area contributed by atoms with Crippen LogP contribution in [0.3, 0.4) is 0 Å². The van der Waals surface area contributed by atoms with Crippen LogP contribution in [0.5, 0.6) is 0 Å². The molecule has 12 heavy (non-hydrogen) atoms.